The summed E-state index contributed by atoms with van der Waals surface area (Å²) >= 11 is 9.06. The van der Waals surface area contributed by atoms with Crippen molar-refractivity contribution in [2.45, 2.75) is 49.2 Å². The highest BCUT2D eigenvalue weighted by molar-refractivity contribution is 7.98. The fourth-order valence-corrected chi connectivity index (χ4v) is 7.61. The van der Waals surface area contributed by atoms with Crippen molar-refractivity contribution in [1.82, 2.24) is 9.80 Å². The van der Waals surface area contributed by atoms with Crippen molar-refractivity contribution < 1.29 is 28.2 Å². The maximum absolute atomic E-state index is 14.7. The Bertz CT molecular complexity index is 1660. The molecule has 0 spiro atoms. The van der Waals surface area contributed by atoms with Gasteiger partial charge in [-0.3, -0.25) is 4.79 Å². The summed E-state index contributed by atoms with van der Waals surface area (Å²) in [4.78, 5) is 30.0. The van der Waals surface area contributed by atoms with Crippen LogP contribution < -0.4 is 4.74 Å². The second kappa shape index (κ2) is 13.1. The van der Waals surface area contributed by atoms with Crippen molar-refractivity contribution in [1.29, 1.82) is 0 Å². The van der Waals surface area contributed by atoms with E-state index in [0.717, 1.165) is 45.1 Å². The summed E-state index contributed by atoms with van der Waals surface area (Å²) in [6.45, 7) is 0.165. The van der Waals surface area contributed by atoms with Gasteiger partial charge in [0, 0.05) is 36.1 Å². The molecule has 1 aliphatic carbocycles. The molecular formula is C32H31ClF2N2O4S2. The van der Waals surface area contributed by atoms with Crippen molar-refractivity contribution in [2.75, 3.05) is 20.4 Å². The molecule has 5 rings (SSSR count). The number of amides is 2. The van der Waals surface area contributed by atoms with Gasteiger partial charge in [0.15, 0.2) is 0 Å². The standard InChI is InChI=1S/C32H31ClF2N2O4S2/c1-36(32(39)40)21-7-9-22(10-8-21)37(31(38)30-28(33)27-24(34)13-14-25(35)29(27)43-30)17-20-16-19(6-15-26(20)41-2)18-4-11-23(42-3)12-5-18/h4-6,11-16,21-22H,7-10,17H2,1-3H3,(H,39,40). The van der Waals surface area contributed by atoms with E-state index >= 15 is 0 Å². The van der Waals surface area contributed by atoms with E-state index in [0.29, 0.717) is 31.4 Å². The third kappa shape index (κ3) is 6.32. The second-order valence-electron chi connectivity index (χ2n) is 10.5. The quantitative estimate of drug-likeness (QED) is 0.194. The summed E-state index contributed by atoms with van der Waals surface area (Å²) in [6, 6.07) is 15.6. The molecule has 1 aliphatic rings. The molecule has 0 bridgehead atoms. The van der Waals surface area contributed by atoms with E-state index in [1.165, 1.54) is 4.90 Å². The van der Waals surface area contributed by atoms with Crippen LogP contribution in [0.5, 0.6) is 5.75 Å². The number of carbonyl (C=O) groups is 2. The molecule has 226 valence electrons. The molecule has 1 heterocycles. The molecule has 1 fully saturated rings. The number of fused-ring (bicyclic) bond motifs is 1. The van der Waals surface area contributed by atoms with Gasteiger partial charge in [-0.1, -0.05) is 29.8 Å². The Labute approximate surface area is 262 Å². The molecule has 6 nitrogen and oxygen atoms in total. The SMILES string of the molecule is COc1ccc(-c2ccc(SC)cc2)cc1CN(C(=O)c1sc2c(F)ccc(F)c2c1Cl)C1CCC(N(C)C(=O)O)CC1. The summed E-state index contributed by atoms with van der Waals surface area (Å²) in [5, 5.41) is 9.25. The molecule has 1 saturated carbocycles. The van der Waals surface area contributed by atoms with Crippen LogP contribution in [0, 0.1) is 11.6 Å². The topological polar surface area (TPSA) is 70.1 Å². The van der Waals surface area contributed by atoms with Crippen LogP contribution >= 0.6 is 34.7 Å². The number of hydrogen-bond donors (Lipinski definition) is 1. The number of carbonyl (C=O) groups excluding carboxylic acids is 1. The number of thioether (sulfide) groups is 1. The Hall–Kier alpha value is -3.34. The highest BCUT2D eigenvalue weighted by Gasteiger charge is 2.34. The van der Waals surface area contributed by atoms with E-state index in [9.17, 15) is 23.5 Å². The van der Waals surface area contributed by atoms with Gasteiger partial charge in [-0.15, -0.1) is 23.1 Å². The normalized spacial score (nSPS) is 16.7. The smallest absolute Gasteiger partial charge is 0.407 e. The number of rotatable bonds is 8. The first kappa shape index (κ1) is 31.1. The predicted octanol–water partition coefficient (Wildman–Crippen LogP) is 8.79. The zero-order valence-corrected chi connectivity index (χ0v) is 26.3. The molecule has 11 heteroatoms. The second-order valence-corrected chi connectivity index (χ2v) is 12.8. The molecule has 0 atom stereocenters. The van der Waals surface area contributed by atoms with Gasteiger partial charge in [0.05, 0.1) is 22.2 Å². The Morgan fingerprint density at radius 1 is 1.00 bits per heavy atom. The summed E-state index contributed by atoms with van der Waals surface area (Å²) in [6.07, 6.45) is 3.27. The molecule has 0 radical (unpaired) electrons. The molecule has 3 aromatic carbocycles. The number of benzene rings is 3. The van der Waals surface area contributed by atoms with Gasteiger partial charge < -0.3 is 19.6 Å². The molecule has 43 heavy (non-hydrogen) atoms. The van der Waals surface area contributed by atoms with Gasteiger partial charge in [-0.2, -0.15) is 0 Å². The number of halogens is 3. The number of thiophene rings is 1. The fourth-order valence-electron chi connectivity index (χ4n) is 5.69. The lowest BCUT2D eigenvalue weighted by molar-refractivity contribution is 0.0555. The van der Waals surface area contributed by atoms with E-state index < -0.39 is 23.6 Å². The van der Waals surface area contributed by atoms with E-state index in [2.05, 4.69) is 0 Å². The Morgan fingerprint density at radius 2 is 1.63 bits per heavy atom. The van der Waals surface area contributed by atoms with E-state index in [1.807, 2.05) is 48.7 Å². The van der Waals surface area contributed by atoms with Crippen LogP contribution in [0.15, 0.2) is 59.5 Å². The molecule has 0 unspecified atom stereocenters. The monoisotopic (exact) mass is 644 g/mol. The third-order valence-corrected chi connectivity index (χ3v) is 10.6. The predicted molar refractivity (Wildman–Crippen MR) is 169 cm³/mol. The van der Waals surface area contributed by atoms with Crippen LogP contribution in [0.25, 0.3) is 21.2 Å². The van der Waals surface area contributed by atoms with E-state index in [4.69, 9.17) is 16.3 Å². The number of carboxylic acid groups (broad SMARTS) is 1. The van der Waals surface area contributed by atoms with Gasteiger partial charge in [-0.25, -0.2) is 13.6 Å². The molecule has 0 aliphatic heterocycles. The van der Waals surface area contributed by atoms with Crippen LogP contribution in [0.3, 0.4) is 0 Å². The van der Waals surface area contributed by atoms with Gasteiger partial charge in [0.25, 0.3) is 5.91 Å². The summed E-state index contributed by atoms with van der Waals surface area (Å²) in [5.74, 6) is -1.17. The number of nitrogens with zero attached hydrogens (tertiary/aromatic N) is 2. The molecule has 2 amide bonds. The average molecular weight is 645 g/mol. The van der Waals surface area contributed by atoms with Crippen molar-refractivity contribution in [3.8, 4) is 16.9 Å². The fraction of sp³-hybridized carbons (Fsp3) is 0.312. The van der Waals surface area contributed by atoms with Gasteiger partial charge in [-0.05, 0) is 79.5 Å². The van der Waals surface area contributed by atoms with E-state index in [1.54, 1.807) is 30.8 Å². The van der Waals surface area contributed by atoms with Gasteiger partial charge in [0.2, 0.25) is 0 Å². The molecule has 0 saturated heterocycles. The zero-order chi connectivity index (χ0) is 30.8. The molecule has 4 aromatic rings. The molecule has 1 aromatic heterocycles. The van der Waals surface area contributed by atoms with Gasteiger partial charge in [0.1, 0.15) is 22.3 Å². The maximum atomic E-state index is 14.7. The average Bonchev–Trinajstić information content (AvgIpc) is 3.39. The van der Waals surface area contributed by atoms with Crippen LogP contribution in [-0.4, -0.2) is 59.4 Å². The highest BCUT2D eigenvalue weighted by Crippen LogP contribution is 2.41. The largest absolute Gasteiger partial charge is 0.496 e. The lowest BCUT2D eigenvalue weighted by atomic mass is 9.89. The molecule has 1 N–H and O–H groups in total. The minimum atomic E-state index is -0.996. The Balaban J connectivity index is 1.53. The van der Waals surface area contributed by atoms with Crippen molar-refractivity contribution in [2.24, 2.45) is 0 Å². The van der Waals surface area contributed by atoms with Crippen LogP contribution in [0.2, 0.25) is 5.02 Å². The van der Waals surface area contributed by atoms with Crippen molar-refractivity contribution >= 4 is 56.8 Å². The summed E-state index contributed by atoms with van der Waals surface area (Å²) in [7, 11) is 3.12. The van der Waals surface area contributed by atoms with Crippen LogP contribution in [0.4, 0.5) is 13.6 Å². The Morgan fingerprint density at radius 3 is 2.23 bits per heavy atom. The first-order chi connectivity index (χ1) is 20.6. The minimum absolute atomic E-state index is 0.00615. The van der Waals surface area contributed by atoms with Gasteiger partial charge >= 0.3 is 6.09 Å². The van der Waals surface area contributed by atoms with Crippen LogP contribution in [-0.2, 0) is 6.54 Å². The Kier molecular flexibility index (Phi) is 9.48. The minimum Gasteiger partial charge on any atom is -0.496 e. The maximum Gasteiger partial charge on any atom is 0.407 e. The zero-order valence-electron chi connectivity index (χ0n) is 23.9. The molecular weight excluding hydrogens is 614 g/mol. The van der Waals surface area contributed by atoms with Crippen molar-refractivity contribution in [3.05, 3.63) is 81.7 Å². The number of ether oxygens (including phenoxy) is 1. The first-order valence-electron chi connectivity index (χ1n) is 13.8. The first-order valence-corrected chi connectivity index (χ1v) is 16.2. The lowest BCUT2D eigenvalue weighted by Crippen LogP contribution is -2.46. The number of methoxy groups -OCH3 is 1. The lowest BCUT2D eigenvalue weighted by Gasteiger charge is -2.39. The summed E-state index contributed by atoms with van der Waals surface area (Å²) < 4.78 is 35.0. The van der Waals surface area contributed by atoms with E-state index in [-0.39, 0.29) is 38.6 Å². The number of hydrogen-bond acceptors (Lipinski definition) is 5. The van der Waals surface area contributed by atoms with Crippen LogP contribution in [0.1, 0.15) is 40.9 Å². The highest BCUT2D eigenvalue weighted by atomic mass is 35.5. The third-order valence-electron chi connectivity index (χ3n) is 8.14. The van der Waals surface area contributed by atoms with Crippen molar-refractivity contribution in [3.63, 3.8) is 0 Å². The summed E-state index contributed by atoms with van der Waals surface area (Å²) in [5.41, 5.74) is 2.73.